The van der Waals surface area contributed by atoms with Crippen LogP contribution in [0.5, 0.6) is 0 Å². The van der Waals surface area contributed by atoms with Crippen LogP contribution >= 0.6 is 15.9 Å². The Morgan fingerprint density at radius 3 is 2.86 bits per heavy atom. The molecule has 1 N–H and O–H groups in total. The number of hydrogen-bond donors (Lipinski definition) is 1. The maximum atomic E-state index is 12.7. The molecular formula is C15H21BrN4O. The number of carbonyl (C=O) groups excluding carboxylic acids is 1. The number of hydrogen-bond acceptors (Lipinski definition) is 4. The summed E-state index contributed by atoms with van der Waals surface area (Å²) in [6.07, 6.45) is 2.62. The maximum absolute atomic E-state index is 12.7. The number of nitrogens with one attached hydrogen (secondary N) is 1. The summed E-state index contributed by atoms with van der Waals surface area (Å²) in [6, 6.07) is 3.93. The Balaban J connectivity index is 3.03. The number of rotatable bonds is 7. The van der Waals surface area contributed by atoms with Gasteiger partial charge in [0, 0.05) is 30.3 Å². The standard InChI is InChI=1S/C15H21BrN4O/c1-4-6-18-14-13(7-12(16)9-19-14)15(21)20(5-2)10-11(3)8-17/h7,9,11H,4-6,10H2,1-3H3,(H,18,19). The molecule has 0 fully saturated rings. The number of pyridine rings is 1. The summed E-state index contributed by atoms with van der Waals surface area (Å²) in [6.45, 7) is 7.52. The van der Waals surface area contributed by atoms with E-state index >= 15 is 0 Å². The predicted molar refractivity (Wildman–Crippen MR) is 87.1 cm³/mol. The summed E-state index contributed by atoms with van der Waals surface area (Å²) in [4.78, 5) is 18.6. The van der Waals surface area contributed by atoms with E-state index in [2.05, 4.69) is 39.2 Å². The molecule has 1 atom stereocenters. The van der Waals surface area contributed by atoms with Crippen LogP contribution in [-0.4, -0.2) is 35.4 Å². The van der Waals surface area contributed by atoms with Crippen LogP contribution in [0.15, 0.2) is 16.7 Å². The second-order valence-electron chi connectivity index (χ2n) is 4.85. The molecule has 0 radical (unpaired) electrons. The Bertz CT molecular complexity index is 527. The number of carbonyl (C=O) groups is 1. The molecule has 21 heavy (non-hydrogen) atoms. The second-order valence-corrected chi connectivity index (χ2v) is 5.77. The van der Waals surface area contributed by atoms with E-state index in [1.807, 2.05) is 13.8 Å². The Labute approximate surface area is 134 Å². The zero-order valence-corrected chi connectivity index (χ0v) is 14.3. The monoisotopic (exact) mass is 352 g/mol. The number of amides is 1. The van der Waals surface area contributed by atoms with Crippen molar-refractivity contribution in [2.45, 2.75) is 27.2 Å². The first-order valence-corrected chi connectivity index (χ1v) is 7.91. The third kappa shape index (κ3) is 5.01. The predicted octanol–water partition coefficient (Wildman–Crippen LogP) is 3.29. The molecule has 1 aromatic rings. The Morgan fingerprint density at radius 2 is 2.29 bits per heavy atom. The lowest BCUT2D eigenvalue weighted by Gasteiger charge is -2.23. The lowest BCUT2D eigenvalue weighted by atomic mass is 10.1. The van der Waals surface area contributed by atoms with Gasteiger partial charge >= 0.3 is 0 Å². The molecule has 0 aliphatic heterocycles. The molecule has 1 aromatic heterocycles. The second kappa shape index (κ2) is 8.63. The highest BCUT2D eigenvalue weighted by molar-refractivity contribution is 9.10. The van der Waals surface area contributed by atoms with Crippen LogP contribution in [0.1, 0.15) is 37.6 Å². The molecule has 0 aliphatic carbocycles. The topological polar surface area (TPSA) is 69.0 Å². The van der Waals surface area contributed by atoms with E-state index in [-0.39, 0.29) is 11.8 Å². The molecule has 1 unspecified atom stereocenters. The summed E-state index contributed by atoms with van der Waals surface area (Å²) < 4.78 is 0.761. The molecule has 5 nitrogen and oxygen atoms in total. The Hall–Kier alpha value is -1.61. The SMILES string of the molecule is CCCNc1ncc(Br)cc1C(=O)N(CC)CC(C)C#N. The zero-order valence-electron chi connectivity index (χ0n) is 12.7. The minimum Gasteiger partial charge on any atom is -0.369 e. The Morgan fingerprint density at radius 1 is 1.57 bits per heavy atom. The molecule has 1 amide bonds. The van der Waals surface area contributed by atoms with Crippen LogP contribution in [-0.2, 0) is 0 Å². The van der Waals surface area contributed by atoms with Gasteiger partial charge in [-0.1, -0.05) is 6.92 Å². The van der Waals surface area contributed by atoms with Crippen molar-refractivity contribution in [2.24, 2.45) is 5.92 Å². The van der Waals surface area contributed by atoms with Crippen LogP contribution in [0.3, 0.4) is 0 Å². The smallest absolute Gasteiger partial charge is 0.257 e. The van der Waals surface area contributed by atoms with Gasteiger partial charge in [0.15, 0.2) is 0 Å². The quantitative estimate of drug-likeness (QED) is 0.817. The third-order valence-electron chi connectivity index (χ3n) is 3.01. The third-order valence-corrected chi connectivity index (χ3v) is 3.44. The van der Waals surface area contributed by atoms with Gasteiger partial charge in [0.25, 0.3) is 5.91 Å². The molecular weight excluding hydrogens is 332 g/mol. The van der Waals surface area contributed by atoms with E-state index in [0.717, 1.165) is 17.4 Å². The van der Waals surface area contributed by atoms with Crippen molar-refractivity contribution >= 4 is 27.7 Å². The molecule has 0 saturated carbocycles. The van der Waals surface area contributed by atoms with Crippen molar-refractivity contribution in [3.63, 3.8) is 0 Å². The first kappa shape index (κ1) is 17.4. The van der Waals surface area contributed by atoms with Crippen molar-refractivity contribution in [1.29, 1.82) is 5.26 Å². The number of nitrogens with zero attached hydrogens (tertiary/aromatic N) is 3. The number of nitriles is 1. The summed E-state index contributed by atoms with van der Waals surface area (Å²) in [5, 5.41) is 12.1. The minimum absolute atomic E-state index is 0.105. The van der Waals surface area contributed by atoms with Gasteiger partial charge in [0.1, 0.15) is 5.82 Å². The first-order chi connectivity index (χ1) is 10.0. The maximum Gasteiger partial charge on any atom is 0.257 e. The summed E-state index contributed by atoms with van der Waals surface area (Å²) in [5.41, 5.74) is 0.532. The fourth-order valence-electron chi connectivity index (χ4n) is 1.88. The van der Waals surface area contributed by atoms with E-state index in [9.17, 15) is 4.79 Å². The fraction of sp³-hybridized carbons (Fsp3) is 0.533. The largest absolute Gasteiger partial charge is 0.369 e. The van der Waals surface area contributed by atoms with E-state index in [4.69, 9.17) is 5.26 Å². The van der Waals surface area contributed by atoms with Gasteiger partial charge in [-0.2, -0.15) is 5.26 Å². The van der Waals surface area contributed by atoms with Crippen molar-refractivity contribution in [2.75, 3.05) is 25.0 Å². The highest BCUT2D eigenvalue weighted by Crippen LogP contribution is 2.20. The molecule has 1 rings (SSSR count). The number of aromatic nitrogens is 1. The van der Waals surface area contributed by atoms with E-state index in [0.29, 0.717) is 24.5 Å². The minimum atomic E-state index is -0.193. The molecule has 0 aromatic carbocycles. The average Bonchev–Trinajstić information content (AvgIpc) is 2.50. The molecule has 0 spiro atoms. The van der Waals surface area contributed by atoms with Gasteiger partial charge in [-0.05, 0) is 42.3 Å². The highest BCUT2D eigenvalue weighted by atomic mass is 79.9. The van der Waals surface area contributed by atoms with Gasteiger partial charge in [-0.3, -0.25) is 4.79 Å². The van der Waals surface area contributed by atoms with Crippen LogP contribution in [0.25, 0.3) is 0 Å². The number of halogens is 1. The van der Waals surface area contributed by atoms with Gasteiger partial charge in [-0.15, -0.1) is 0 Å². The molecule has 0 aliphatic rings. The normalized spacial score (nSPS) is 11.6. The van der Waals surface area contributed by atoms with Gasteiger partial charge in [0.2, 0.25) is 0 Å². The van der Waals surface area contributed by atoms with Crippen molar-refractivity contribution in [1.82, 2.24) is 9.88 Å². The van der Waals surface area contributed by atoms with Gasteiger partial charge < -0.3 is 10.2 Å². The van der Waals surface area contributed by atoms with Crippen LogP contribution in [0.2, 0.25) is 0 Å². The average molecular weight is 353 g/mol. The van der Waals surface area contributed by atoms with Crippen molar-refractivity contribution < 1.29 is 4.79 Å². The molecule has 1 heterocycles. The van der Waals surface area contributed by atoms with Gasteiger partial charge in [-0.25, -0.2) is 4.98 Å². The van der Waals surface area contributed by atoms with E-state index in [1.165, 1.54) is 0 Å². The summed E-state index contributed by atoms with van der Waals surface area (Å²) >= 11 is 3.35. The van der Waals surface area contributed by atoms with Crippen molar-refractivity contribution in [3.8, 4) is 6.07 Å². The molecule has 0 bridgehead atoms. The fourth-order valence-corrected chi connectivity index (χ4v) is 2.22. The lowest BCUT2D eigenvalue weighted by Crippen LogP contribution is -2.35. The lowest BCUT2D eigenvalue weighted by molar-refractivity contribution is 0.0753. The molecule has 114 valence electrons. The van der Waals surface area contributed by atoms with Gasteiger partial charge in [0.05, 0.1) is 17.6 Å². The summed E-state index contributed by atoms with van der Waals surface area (Å²) in [7, 11) is 0. The first-order valence-electron chi connectivity index (χ1n) is 7.11. The van der Waals surface area contributed by atoms with E-state index < -0.39 is 0 Å². The van der Waals surface area contributed by atoms with Crippen molar-refractivity contribution in [3.05, 3.63) is 22.3 Å². The Kier molecular flexibility index (Phi) is 7.17. The van der Waals surface area contributed by atoms with Crippen LogP contribution < -0.4 is 5.32 Å². The molecule has 0 saturated heterocycles. The highest BCUT2D eigenvalue weighted by Gasteiger charge is 2.20. The zero-order chi connectivity index (χ0) is 15.8. The van der Waals surface area contributed by atoms with Crippen LogP contribution in [0.4, 0.5) is 5.82 Å². The molecule has 6 heteroatoms. The van der Waals surface area contributed by atoms with E-state index in [1.54, 1.807) is 17.2 Å². The summed E-state index contributed by atoms with van der Waals surface area (Å²) in [5.74, 6) is 0.293. The number of anilines is 1. The van der Waals surface area contributed by atoms with Crippen LogP contribution in [0, 0.1) is 17.2 Å².